The van der Waals surface area contributed by atoms with Gasteiger partial charge in [0.25, 0.3) is 5.56 Å². The maximum Gasteiger partial charge on any atom is 0.274 e. The highest BCUT2D eigenvalue weighted by atomic mass is 19.1. The van der Waals surface area contributed by atoms with Crippen LogP contribution in [0, 0.1) is 5.82 Å². The quantitative estimate of drug-likeness (QED) is 0.693. The summed E-state index contributed by atoms with van der Waals surface area (Å²) in [7, 11) is 1.71. The van der Waals surface area contributed by atoms with Crippen LogP contribution in [0.2, 0.25) is 0 Å². The molecule has 2 heterocycles. The van der Waals surface area contributed by atoms with Crippen LogP contribution in [-0.2, 0) is 11.8 Å². The van der Waals surface area contributed by atoms with Gasteiger partial charge in [-0.2, -0.15) is 0 Å². The first-order valence-electron chi connectivity index (χ1n) is 9.52. The predicted octanol–water partition coefficient (Wildman–Crippen LogP) is 3.20. The van der Waals surface area contributed by atoms with Crippen LogP contribution >= 0.6 is 0 Å². The molecule has 2 aromatic carbocycles. The van der Waals surface area contributed by atoms with Crippen LogP contribution in [0.4, 0.5) is 4.39 Å². The Morgan fingerprint density at radius 1 is 1.24 bits per heavy atom. The molecule has 150 valence electrons. The molecule has 6 nitrogen and oxygen atoms in total. The summed E-state index contributed by atoms with van der Waals surface area (Å²) in [6, 6.07) is 9.34. The van der Waals surface area contributed by atoms with E-state index < -0.39 is 5.82 Å². The fraction of sp³-hybridized carbons (Fsp3) is 0.273. The van der Waals surface area contributed by atoms with Crippen LogP contribution in [-0.4, -0.2) is 38.4 Å². The lowest BCUT2D eigenvalue weighted by atomic mass is 10.0. The van der Waals surface area contributed by atoms with Crippen molar-refractivity contribution in [2.75, 3.05) is 13.1 Å². The first kappa shape index (κ1) is 19.0. The van der Waals surface area contributed by atoms with Gasteiger partial charge in [0.2, 0.25) is 5.91 Å². The number of phenolic OH excluding ortho intramolecular Hbond substituents is 1. The average molecular weight is 395 g/mol. The van der Waals surface area contributed by atoms with E-state index in [0.29, 0.717) is 24.0 Å². The number of aromatic nitrogens is 2. The van der Waals surface area contributed by atoms with Gasteiger partial charge in [0, 0.05) is 20.1 Å². The third kappa shape index (κ3) is 3.12. The lowest BCUT2D eigenvalue weighted by molar-refractivity contribution is -0.127. The topological polar surface area (TPSA) is 67.5 Å². The van der Waals surface area contributed by atoms with Gasteiger partial charge in [0.05, 0.1) is 22.5 Å². The number of hydrogen-bond acceptors (Lipinski definition) is 3. The van der Waals surface area contributed by atoms with Gasteiger partial charge in [0.1, 0.15) is 11.6 Å². The number of phenols is 1. The highest BCUT2D eigenvalue weighted by molar-refractivity contribution is 5.87. The maximum absolute atomic E-state index is 14.3. The fourth-order valence-corrected chi connectivity index (χ4v) is 4.20. The van der Waals surface area contributed by atoms with Crippen LogP contribution in [0.15, 0.2) is 53.8 Å². The predicted molar refractivity (Wildman–Crippen MR) is 109 cm³/mol. The molecule has 29 heavy (non-hydrogen) atoms. The summed E-state index contributed by atoms with van der Waals surface area (Å²) in [5, 5.41) is 10.5. The minimum atomic E-state index is -0.542. The zero-order valence-corrected chi connectivity index (χ0v) is 16.1. The Bertz CT molecular complexity index is 1150. The number of nitrogens with zero attached hydrogens (tertiary/aromatic N) is 3. The zero-order valence-electron chi connectivity index (χ0n) is 16.1. The Labute approximate surface area is 167 Å². The monoisotopic (exact) mass is 395 g/mol. The Morgan fingerprint density at radius 2 is 1.97 bits per heavy atom. The first-order chi connectivity index (χ1) is 13.9. The normalized spacial score (nSPS) is 15.0. The smallest absolute Gasteiger partial charge is 0.274 e. The number of aromatic hydroxyl groups is 1. The van der Waals surface area contributed by atoms with Crippen molar-refractivity contribution in [3.05, 3.63) is 65.2 Å². The maximum atomic E-state index is 14.3. The van der Waals surface area contributed by atoms with Gasteiger partial charge in [-0.3, -0.25) is 19.0 Å². The van der Waals surface area contributed by atoms with Gasteiger partial charge >= 0.3 is 0 Å². The van der Waals surface area contributed by atoms with E-state index in [2.05, 4.69) is 6.58 Å². The van der Waals surface area contributed by atoms with Gasteiger partial charge in [0.15, 0.2) is 0 Å². The van der Waals surface area contributed by atoms with Crippen molar-refractivity contribution in [1.29, 1.82) is 0 Å². The molecule has 1 saturated heterocycles. The third-order valence-corrected chi connectivity index (χ3v) is 5.67. The van der Waals surface area contributed by atoms with Crippen LogP contribution in [0.1, 0.15) is 18.9 Å². The second kappa shape index (κ2) is 7.24. The lowest BCUT2D eigenvalue weighted by Gasteiger charge is -2.33. The minimum absolute atomic E-state index is 0.0757. The molecule has 0 saturated carbocycles. The van der Waals surface area contributed by atoms with Crippen molar-refractivity contribution in [3.8, 4) is 16.9 Å². The van der Waals surface area contributed by atoms with Crippen LogP contribution in [0.3, 0.4) is 0 Å². The summed E-state index contributed by atoms with van der Waals surface area (Å²) in [4.78, 5) is 26.4. The SMILES string of the molecule is C=CC(=O)N1CCC(n2c3ccc(-c4c(O)cccc4F)cc3c(=O)n2C)CC1. The van der Waals surface area contributed by atoms with Crippen molar-refractivity contribution < 1.29 is 14.3 Å². The molecule has 0 radical (unpaired) electrons. The number of benzene rings is 2. The molecule has 0 atom stereocenters. The highest BCUT2D eigenvalue weighted by Crippen LogP contribution is 2.34. The lowest BCUT2D eigenvalue weighted by Crippen LogP contribution is -2.39. The molecule has 1 amide bonds. The van der Waals surface area contributed by atoms with Gasteiger partial charge in [-0.15, -0.1) is 0 Å². The van der Waals surface area contributed by atoms with Crippen LogP contribution in [0.25, 0.3) is 22.0 Å². The van der Waals surface area contributed by atoms with Crippen molar-refractivity contribution >= 4 is 16.8 Å². The van der Waals surface area contributed by atoms with Crippen molar-refractivity contribution in [1.82, 2.24) is 14.3 Å². The van der Waals surface area contributed by atoms with Gasteiger partial charge < -0.3 is 10.0 Å². The molecule has 3 aromatic rings. The first-order valence-corrected chi connectivity index (χ1v) is 9.52. The average Bonchev–Trinajstić information content (AvgIpc) is 2.97. The number of carbonyl (C=O) groups excluding carboxylic acids is 1. The van der Waals surface area contributed by atoms with Crippen molar-refractivity contribution in [3.63, 3.8) is 0 Å². The van der Waals surface area contributed by atoms with E-state index in [-0.39, 0.29) is 28.8 Å². The molecule has 1 aliphatic rings. The van der Waals surface area contributed by atoms with E-state index >= 15 is 0 Å². The number of amides is 1. The second-order valence-corrected chi connectivity index (χ2v) is 7.30. The van der Waals surface area contributed by atoms with Crippen molar-refractivity contribution in [2.24, 2.45) is 7.05 Å². The van der Waals surface area contributed by atoms with E-state index in [1.54, 1.807) is 34.8 Å². The number of hydrogen-bond donors (Lipinski definition) is 1. The van der Waals surface area contributed by atoms with Gasteiger partial charge in [-0.05, 0) is 48.7 Å². The molecule has 0 unspecified atom stereocenters. The third-order valence-electron chi connectivity index (χ3n) is 5.67. The Hall–Kier alpha value is -3.35. The van der Waals surface area contributed by atoms with Gasteiger partial charge in [-0.1, -0.05) is 18.7 Å². The number of likely N-dealkylation sites (tertiary alicyclic amines) is 1. The number of halogens is 1. The van der Waals surface area contributed by atoms with E-state index in [0.717, 1.165) is 18.4 Å². The molecule has 4 rings (SSSR count). The highest BCUT2D eigenvalue weighted by Gasteiger charge is 2.26. The molecular formula is C22H22FN3O3. The minimum Gasteiger partial charge on any atom is -0.507 e. The summed E-state index contributed by atoms with van der Waals surface area (Å²) in [5.74, 6) is -0.788. The Morgan fingerprint density at radius 3 is 2.62 bits per heavy atom. The van der Waals surface area contributed by atoms with Crippen LogP contribution < -0.4 is 5.56 Å². The molecular weight excluding hydrogens is 373 g/mol. The Kier molecular flexibility index (Phi) is 4.74. The summed E-state index contributed by atoms with van der Waals surface area (Å²) >= 11 is 0. The van der Waals surface area contributed by atoms with E-state index in [1.807, 2.05) is 4.68 Å². The van der Waals surface area contributed by atoms with E-state index in [4.69, 9.17) is 0 Å². The number of fused-ring (bicyclic) bond motifs is 1. The second-order valence-electron chi connectivity index (χ2n) is 7.30. The molecule has 1 aromatic heterocycles. The summed E-state index contributed by atoms with van der Waals surface area (Å²) in [6.07, 6.45) is 2.78. The van der Waals surface area contributed by atoms with Gasteiger partial charge in [-0.25, -0.2) is 4.39 Å². The number of rotatable bonds is 3. The van der Waals surface area contributed by atoms with E-state index in [9.17, 15) is 19.1 Å². The molecule has 1 fully saturated rings. The molecule has 1 N–H and O–H groups in total. The molecule has 0 spiro atoms. The number of piperidine rings is 1. The summed E-state index contributed by atoms with van der Waals surface area (Å²) in [6.45, 7) is 4.73. The molecule has 0 bridgehead atoms. The van der Waals surface area contributed by atoms with Crippen molar-refractivity contribution in [2.45, 2.75) is 18.9 Å². The standard InChI is InChI=1S/C22H22FN3O3/c1-3-20(28)25-11-9-15(10-12-25)26-18-8-7-14(13-16(18)22(29)24(26)2)21-17(23)5-4-6-19(21)27/h3-8,13,15,27H,1,9-12H2,2H3. The largest absolute Gasteiger partial charge is 0.507 e. The summed E-state index contributed by atoms with van der Waals surface area (Å²) < 4.78 is 17.8. The van der Waals surface area contributed by atoms with E-state index in [1.165, 1.54) is 24.3 Å². The zero-order chi connectivity index (χ0) is 20.7. The van der Waals surface area contributed by atoms with Crippen LogP contribution in [0.5, 0.6) is 5.75 Å². The molecule has 1 aliphatic heterocycles. The number of carbonyl (C=O) groups is 1. The molecule has 0 aliphatic carbocycles. The summed E-state index contributed by atoms with van der Waals surface area (Å²) in [5.41, 5.74) is 1.11. The Balaban J connectivity index is 1.75. The molecule has 7 heteroatoms. The fourth-order valence-electron chi connectivity index (χ4n) is 4.20.